The second-order valence-corrected chi connectivity index (χ2v) is 8.78. The van der Waals surface area contributed by atoms with Gasteiger partial charge in [0.2, 0.25) is 0 Å². The molecule has 1 unspecified atom stereocenters. The van der Waals surface area contributed by atoms with Crippen LogP contribution >= 0.6 is 0 Å². The molecular weight excluding hydrogens is 375 g/mol. The summed E-state index contributed by atoms with van der Waals surface area (Å²) in [6.45, 7) is 6.98. The van der Waals surface area contributed by atoms with Crippen LogP contribution in [0.15, 0.2) is 24.3 Å². The lowest BCUT2D eigenvalue weighted by atomic mass is 9.84. The molecule has 0 bridgehead atoms. The molecule has 0 saturated heterocycles. The maximum absolute atomic E-state index is 14.7. The number of aryl methyl sites for hydroxylation is 1. The van der Waals surface area contributed by atoms with Crippen molar-refractivity contribution in [2.24, 2.45) is 17.3 Å². The quantitative estimate of drug-likeness (QED) is 0.663. The van der Waals surface area contributed by atoms with Crippen molar-refractivity contribution in [3.8, 4) is 5.75 Å². The molecule has 3 rings (SSSR count). The van der Waals surface area contributed by atoms with Gasteiger partial charge in [-0.2, -0.15) is 0 Å². The van der Waals surface area contributed by atoms with E-state index in [1.165, 1.54) is 6.07 Å². The van der Waals surface area contributed by atoms with Crippen LogP contribution < -0.4 is 4.74 Å². The Kier molecular flexibility index (Phi) is 6.64. The van der Waals surface area contributed by atoms with Gasteiger partial charge >= 0.3 is 5.97 Å². The Bertz CT molecular complexity index is 773. The van der Waals surface area contributed by atoms with Gasteiger partial charge in [-0.3, -0.25) is 0 Å². The van der Waals surface area contributed by atoms with Crippen LogP contribution in [0.3, 0.4) is 0 Å². The first-order valence-corrected chi connectivity index (χ1v) is 10.4. The van der Waals surface area contributed by atoms with Crippen molar-refractivity contribution in [3.05, 3.63) is 41.2 Å². The van der Waals surface area contributed by atoms with Crippen LogP contribution in [0.5, 0.6) is 5.75 Å². The van der Waals surface area contributed by atoms with Crippen molar-refractivity contribution in [2.75, 3.05) is 13.2 Å². The molecule has 2 N–H and O–H groups in total. The molecule has 1 saturated carbocycles. The van der Waals surface area contributed by atoms with E-state index < -0.39 is 17.9 Å². The van der Waals surface area contributed by atoms with Crippen LogP contribution in [0.25, 0.3) is 0 Å². The Labute approximate surface area is 171 Å². The number of rotatable bonds is 7. The fraction of sp³-hybridized carbons (Fsp3) is 0.609. The normalized spacial score (nSPS) is 25.2. The van der Waals surface area contributed by atoms with E-state index >= 15 is 0 Å². The molecule has 1 aliphatic heterocycles. The van der Waals surface area contributed by atoms with Crippen LogP contribution in [-0.4, -0.2) is 41.6 Å². The molecular formula is C23H31FO5. The standard InChI is InChI=1S/C23H31FO5/c1-4-28-13-23(2,3)19(25)12-8-14-7-11-18-16(14)9-5-15-6-10-17(22(26)27)20(24)21(15)29-18/h6,8,10,12,14,16,18-19,25H,4-5,7,9,11,13H2,1-3H3,(H,26,27)/b12-8+/t14-,16-,18+,19?/m1/s1. The largest absolute Gasteiger partial charge is 0.487 e. The van der Waals surface area contributed by atoms with E-state index in [-0.39, 0.29) is 34.7 Å². The fourth-order valence-electron chi connectivity index (χ4n) is 4.36. The third-order valence-corrected chi connectivity index (χ3v) is 6.26. The van der Waals surface area contributed by atoms with E-state index in [2.05, 4.69) is 6.08 Å². The highest BCUT2D eigenvalue weighted by Gasteiger charge is 2.39. The molecule has 5 nitrogen and oxygen atoms in total. The van der Waals surface area contributed by atoms with Crippen molar-refractivity contribution in [1.29, 1.82) is 0 Å². The van der Waals surface area contributed by atoms with Gasteiger partial charge in [0.15, 0.2) is 11.6 Å². The minimum Gasteiger partial charge on any atom is -0.487 e. The highest BCUT2D eigenvalue weighted by atomic mass is 19.1. The van der Waals surface area contributed by atoms with Crippen molar-refractivity contribution in [1.82, 2.24) is 0 Å². The Balaban J connectivity index is 1.72. The van der Waals surface area contributed by atoms with Gasteiger partial charge in [-0.25, -0.2) is 9.18 Å². The Morgan fingerprint density at radius 2 is 2.14 bits per heavy atom. The first kappa shape index (κ1) is 21.8. The maximum atomic E-state index is 14.7. The van der Waals surface area contributed by atoms with Crippen LogP contribution in [-0.2, 0) is 11.2 Å². The summed E-state index contributed by atoms with van der Waals surface area (Å²) in [5, 5.41) is 19.7. The zero-order valence-corrected chi connectivity index (χ0v) is 17.4. The Morgan fingerprint density at radius 1 is 1.38 bits per heavy atom. The van der Waals surface area contributed by atoms with Gasteiger partial charge in [0.05, 0.1) is 18.3 Å². The lowest BCUT2D eigenvalue weighted by molar-refractivity contribution is 0.00177. The SMILES string of the molecule is CCOCC(C)(C)C(O)/C=C/[C@H]1CC[C@@H]2Oc3c(ccc(C(=O)O)c3F)CC[C@@H]21. The van der Waals surface area contributed by atoms with Gasteiger partial charge in [-0.05, 0) is 50.2 Å². The van der Waals surface area contributed by atoms with Gasteiger partial charge in [0, 0.05) is 17.9 Å². The number of allylic oxidation sites excluding steroid dienone is 1. The number of carboxylic acid groups (broad SMARTS) is 1. The third-order valence-electron chi connectivity index (χ3n) is 6.26. The van der Waals surface area contributed by atoms with E-state index in [1.807, 2.05) is 26.8 Å². The predicted molar refractivity (Wildman–Crippen MR) is 108 cm³/mol. The minimum atomic E-state index is -1.29. The predicted octanol–water partition coefficient (Wildman–Crippen LogP) is 4.22. The smallest absolute Gasteiger partial charge is 0.338 e. The number of fused-ring (bicyclic) bond motifs is 2. The third kappa shape index (κ3) is 4.64. The molecule has 1 heterocycles. The summed E-state index contributed by atoms with van der Waals surface area (Å²) in [6.07, 6.45) is 6.35. The number of aliphatic hydroxyl groups is 1. The average molecular weight is 406 g/mol. The van der Waals surface area contributed by atoms with Gasteiger partial charge in [0.1, 0.15) is 6.10 Å². The maximum Gasteiger partial charge on any atom is 0.338 e. The summed E-state index contributed by atoms with van der Waals surface area (Å²) in [5.41, 5.74) is -0.00401. The first-order chi connectivity index (χ1) is 13.7. The van der Waals surface area contributed by atoms with Gasteiger partial charge in [0.25, 0.3) is 0 Å². The summed E-state index contributed by atoms with van der Waals surface area (Å²) in [5.74, 6) is -1.50. The van der Waals surface area contributed by atoms with E-state index in [1.54, 1.807) is 6.07 Å². The number of aromatic carboxylic acids is 1. The van der Waals surface area contributed by atoms with Crippen molar-refractivity contribution >= 4 is 5.97 Å². The van der Waals surface area contributed by atoms with Crippen LogP contribution in [0.1, 0.15) is 56.0 Å². The first-order valence-electron chi connectivity index (χ1n) is 10.4. The van der Waals surface area contributed by atoms with Crippen molar-refractivity contribution in [3.63, 3.8) is 0 Å². The molecule has 1 aromatic carbocycles. The highest BCUT2D eigenvalue weighted by Crippen LogP contribution is 2.43. The zero-order valence-electron chi connectivity index (χ0n) is 17.4. The molecule has 29 heavy (non-hydrogen) atoms. The van der Waals surface area contributed by atoms with Crippen molar-refractivity contribution in [2.45, 2.75) is 58.7 Å². The van der Waals surface area contributed by atoms with Crippen LogP contribution in [0.4, 0.5) is 4.39 Å². The van der Waals surface area contributed by atoms with Crippen LogP contribution in [0, 0.1) is 23.1 Å². The number of hydrogen-bond donors (Lipinski definition) is 2. The van der Waals surface area contributed by atoms with Crippen molar-refractivity contribution < 1.29 is 28.9 Å². The number of halogens is 1. The van der Waals surface area contributed by atoms with E-state index in [0.29, 0.717) is 19.6 Å². The molecule has 2 aliphatic rings. The molecule has 1 aliphatic carbocycles. The summed E-state index contributed by atoms with van der Waals surface area (Å²) in [4.78, 5) is 11.2. The highest BCUT2D eigenvalue weighted by molar-refractivity contribution is 5.88. The molecule has 160 valence electrons. The summed E-state index contributed by atoms with van der Waals surface area (Å²) in [6, 6.07) is 2.98. The van der Waals surface area contributed by atoms with E-state index in [4.69, 9.17) is 9.47 Å². The topological polar surface area (TPSA) is 76.0 Å². The van der Waals surface area contributed by atoms with Crippen LogP contribution in [0.2, 0.25) is 0 Å². The fourth-order valence-corrected chi connectivity index (χ4v) is 4.36. The van der Waals surface area contributed by atoms with Gasteiger partial charge in [-0.15, -0.1) is 0 Å². The second kappa shape index (κ2) is 8.84. The van der Waals surface area contributed by atoms with E-state index in [0.717, 1.165) is 24.8 Å². The molecule has 6 heteroatoms. The van der Waals surface area contributed by atoms with E-state index in [9.17, 15) is 19.4 Å². The second-order valence-electron chi connectivity index (χ2n) is 8.78. The molecule has 0 spiro atoms. The lowest BCUT2D eigenvalue weighted by Crippen LogP contribution is -2.32. The monoisotopic (exact) mass is 406 g/mol. The number of carbonyl (C=O) groups is 1. The number of aliphatic hydroxyl groups excluding tert-OH is 1. The number of carboxylic acids is 1. The summed E-state index contributed by atoms with van der Waals surface area (Å²) < 4.78 is 26.1. The zero-order chi connectivity index (χ0) is 21.2. The summed E-state index contributed by atoms with van der Waals surface area (Å²) in [7, 11) is 0. The molecule has 0 aromatic heterocycles. The molecule has 0 radical (unpaired) electrons. The molecule has 4 atom stereocenters. The van der Waals surface area contributed by atoms with Gasteiger partial charge < -0.3 is 19.7 Å². The minimum absolute atomic E-state index is 0.0971. The Hall–Kier alpha value is -1.92. The molecule has 1 fully saturated rings. The number of benzene rings is 1. The molecule has 1 aromatic rings. The van der Waals surface area contributed by atoms with Gasteiger partial charge in [-0.1, -0.05) is 32.1 Å². The Morgan fingerprint density at radius 3 is 2.83 bits per heavy atom. The number of ether oxygens (including phenoxy) is 2. The number of hydrogen-bond acceptors (Lipinski definition) is 4. The average Bonchev–Trinajstić information content (AvgIpc) is 2.95. The lowest BCUT2D eigenvalue weighted by Gasteiger charge is -2.28. The summed E-state index contributed by atoms with van der Waals surface area (Å²) >= 11 is 0. The molecule has 0 amide bonds.